The van der Waals surface area contributed by atoms with Gasteiger partial charge < -0.3 is 9.47 Å². The Hall–Kier alpha value is -2.21. The molecule has 5 nitrogen and oxygen atoms in total. The lowest BCUT2D eigenvalue weighted by molar-refractivity contribution is -0.479. The lowest BCUT2D eigenvalue weighted by atomic mass is 10.1. The van der Waals surface area contributed by atoms with Gasteiger partial charge in [0.15, 0.2) is 11.5 Å². The van der Waals surface area contributed by atoms with E-state index >= 15 is 0 Å². The third-order valence-corrected chi connectivity index (χ3v) is 4.70. The molecule has 0 aromatic heterocycles. The molecular weight excluding hydrogens is 302 g/mol. The number of hydrogen-bond acceptors (Lipinski definition) is 5. The standard InChI is InChI=1S/C16H15NO4S/c18-17(19)9-16(22-10-12-4-2-1-3-5-12)13-6-7-14-15(8-13)21-11-20-14/h1-8,16H,9-11H2. The summed E-state index contributed by atoms with van der Waals surface area (Å²) in [4.78, 5) is 10.7. The van der Waals surface area contributed by atoms with Gasteiger partial charge in [-0.2, -0.15) is 0 Å². The van der Waals surface area contributed by atoms with Crippen molar-refractivity contribution in [1.82, 2.24) is 0 Å². The molecule has 0 saturated carbocycles. The van der Waals surface area contributed by atoms with Gasteiger partial charge in [0.05, 0.1) is 5.25 Å². The summed E-state index contributed by atoms with van der Waals surface area (Å²) in [6.07, 6.45) is 0. The van der Waals surface area contributed by atoms with Crippen molar-refractivity contribution in [3.63, 3.8) is 0 Å². The van der Waals surface area contributed by atoms with E-state index in [2.05, 4.69) is 0 Å². The van der Waals surface area contributed by atoms with Crippen LogP contribution in [0.1, 0.15) is 16.4 Å². The fourth-order valence-corrected chi connectivity index (χ4v) is 3.43. The van der Waals surface area contributed by atoms with Crippen LogP contribution in [-0.4, -0.2) is 18.3 Å². The molecule has 2 aromatic carbocycles. The first-order valence-corrected chi connectivity index (χ1v) is 7.94. The largest absolute Gasteiger partial charge is 0.454 e. The molecule has 1 atom stereocenters. The Kier molecular flexibility index (Phi) is 4.48. The van der Waals surface area contributed by atoms with E-state index in [1.54, 1.807) is 11.8 Å². The molecule has 22 heavy (non-hydrogen) atoms. The zero-order valence-corrected chi connectivity index (χ0v) is 12.6. The van der Waals surface area contributed by atoms with Gasteiger partial charge >= 0.3 is 0 Å². The van der Waals surface area contributed by atoms with Crippen molar-refractivity contribution in [2.45, 2.75) is 11.0 Å². The number of ether oxygens (including phenoxy) is 2. The predicted octanol–water partition coefficient (Wildman–Crippen LogP) is 3.67. The van der Waals surface area contributed by atoms with Gasteiger partial charge in [-0.25, -0.2) is 0 Å². The molecule has 0 fully saturated rings. The summed E-state index contributed by atoms with van der Waals surface area (Å²) < 4.78 is 10.6. The Balaban J connectivity index is 1.75. The van der Waals surface area contributed by atoms with Crippen LogP contribution in [0.15, 0.2) is 48.5 Å². The van der Waals surface area contributed by atoms with Gasteiger partial charge in [0.25, 0.3) is 0 Å². The highest BCUT2D eigenvalue weighted by Crippen LogP contribution is 2.38. The summed E-state index contributed by atoms with van der Waals surface area (Å²) >= 11 is 1.56. The molecule has 0 radical (unpaired) electrons. The van der Waals surface area contributed by atoms with Crippen molar-refractivity contribution < 1.29 is 14.4 Å². The molecule has 1 heterocycles. The topological polar surface area (TPSA) is 61.6 Å². The highest BCUT2D eigenvalue weighted by Gasteiger charge is 2.22. The number of rotatable bonds is 6. The Morgan fingerprint density at radius 1 is 1.14 bits per heavy atom. The minimum absolute atomic E-state index is 0.114. The average molecular weight is 317 g/mol. The Bertz CT molecular complexity index is 662. The summed E-state index contributed by atoms with van der Waals surface area (Å²) in [5.74, 6) is 2.08. The summed E-state index contributed by atoms with van der Waals surface area (Å²) in [5, 5.41) is 10.7. The number of nitrogens with zero attached hydrogens (tertiary/aromatic N) is 1. The van der Waals surface area contributed by atoms with Crippen LogP contribution in [0.2, 0.25) is 0 Å². The summed E-state index contributed by atoms with van der Waals surface area (Å²) in [5.41, 5.74) is 2.04. The van der Waals surface area contributed by atoms with E-state index in [9.17, 15) is 10.1 Å². The minimum atomic E-state index is -0.271. The van der Waals surface area contributed by atoms with Crippen molar-refractivity contribution in [3.05, 3.63) is 69.8 Å². The van der Waals surface area contributed by atoms with E-state index in [-0.39, 0.29) is 23.5 Å². The maximum absolute atomic E-state index is 11.0. The van der Waals surface area contributed by atoms with E-state index < -0.39 is 0 Å². The Morgan fingerprint density at radius 3 is 2.68 bits per heavy atom. The Labute approximate surface area is 132 Å². The van der Waals surface area contributed by atoms with Gasteiger partial charge in [0.1, 0.15) is 0 Å². The van der Waals surface area contributed by atoms with Crippen molar-refractivity contribution in [1.29, 1.82) is 0 Å². The molecule has 0 N–H and O–H groups in total. The lowest BCUT2D eigenvalue weighted by Crippen LogP contribution is -2.10. The minimum Gasteiger partial charge on any atom is -0.454 e. The average Bonchev–Trinajstić information content (AvgIpc) is 2.99. The van der Waals surface area contributed by atoms with Crippen LogP contribution in [0, 0.1) is 10.1 Å². The van der Waals surface area contributed by atoms with Gasteiger partial charge in [-0.15, -0.1) is 11.8 Å². The van der Waals surface area contributed by atoms with Gasteiger partial charge in [0.2, 0.25) is 13.3 Å². The summed E-state index contributed by atoms with van der Waals surface area (Å²) in [6.45, 7) is 0.0903. The molecule has 114 valence electrons. The first-order valence-electron chi connectivity index (χ1n) is 6.89. The molecule has 0 bridgehead atoms. The van der Waals surface area contributed by atoms with Crippen molar-refractivity contribution in [2.24, 2.45) is 0 Å². The molecule has 0 saturated heterocycles. The fourth-order valence-electron chi connectivity index (χ4n) is 2.27. The van der Waals surface area contributed by atoms with Gasteiger partial charge in [-0.3, -0.25) is 10.1 Å². The molecule has 0 aliphatic carbocycles. The first kappa shape index (κ1) is 14.7. The van der Waals surface area contributed by atoms with Gasteiger partial charge in [0, 0.05) is 10.7 Å². The van der Waals surface area contributed by atoms with Crippen LogP contribution >= 0.6 is 11.8 Å². The molecule has 2 aromatic rings. The fraction of sp³-hybridized carbons (Fsp3) is 0.250. The third-order valence-electron chi connectivity index (χ3n) is 3.38. The van der Waals surface area contributed by atoms with Crippen molar-refractivity contribution >= 4 is 11.8 Å². The van der Waals surface area contributed by atoms with Gasteiger partial charge in [-0.1, -0.05) is 36.4 Å². The number of benzene rings is 2. The maximum Gasteiger partial charge on any atom is 0.231 e. The normalized spacial score (nSPS) is 13.8. The third kappa shape index (κ3) is 3.51. The van der Waals surface area contributed by atoms with E-state index in [1.807, 2.05) is 48.5 Å². The molecule has 1 aliphatic rings. The molecule has 1 unspecified atom stereocenters. The molecular formula is C16H15NO4S. The predicted molar refractivity (Wildman–Crippen MR) is 84.9 cm³/mol. The van der Waals surface area contributed by atoms with Crippen molar-refractivity contribution in [3.8, 4) is 11.5 Å². The van der Waals surface area contributed by atoms with Gasteiger partial charge in [-0.05, 0) is 23.3 Å². The van der Waals surface area contributed by atoms with Crippen molar-refractivity contribution in [2.75, 3.05) is 13.3 Å². The molecule has 3 rings (SSSR count). The Morgan fingerprint density at radius 2 is 1.91 bits per heavy atom. The quantitative estimate of drug-likeness (QED) is 0.601. The van der Waals surface area contributed by atoms with E-state index in [1.165, 1.54) is 0 Å². The van der Waals surface area contributed by atoms with E-state index in [4.69, 9.17) is 9.47 Å². The number of hydrogen-bond donors (Lipinski definition) is 0. The number of nitro groups is 1. The molecule has 0 spiro atoms. The lowest BCUT2D eigenvalue weighted by Gasteiger charge is -2.13. The second kappa shape index (κ2) is 6.70. The highest BCUT2D eigenvalue weighted by molar-refractivity contribution is 7.98. The number of thioether (sulfide) groups is 1. The SMILES string of the molecule is O=[N+]([O-])CC(SCc1ccccc1)c1ccc2c(c1)OCO2. The molecule has 6 heteroatoms. The second-order valence-corrected chi connectivity index (χ2v) is 6.10. The van der Waals surface area contributed by atoms with Crippen LogP contribution in [-0.2, 0) is 5.75 Å². The van der Waals surface area contributed by atoms with Crippen LogP contribution in [0.4, 0.5) is 0 Å². The van der Waals surface area contributed by atoms with E-state index in [0.29, 0.717) is 11.5 Å². The zero-order chi connectivity index (χ0) is 15.4. The smallest absolute Gasteiger partial charge is 0.231 e. The van der Waals surface area contributed by atoms with Crippen LogP contribution in [0.25, 0.3) is 0 Å². The second-order valence-electron chi connectivity index (χ2n) is 4.91. The highest BCUT2D eigenvalue weighted by atomic mass is 32.2. The van der Waals surface area contributed by atoms with Crippen LogP contribution in [0.3, 0.4) is 0 Å². The molecule has 0 amide bonds. The number of fused-ring (bicyclic) bond motifs is 1. The maximum atomic E-state index is 11.0. The first-order chi connectivity index (χ1) is 10.7. The van der Waals surface area contributed by atoms with E-state index in [0.717, 1.165) is 16.9 Å². The van der Waals surface area contributed by atoms with Crippen LogP contribution < -0.4 is 9.47 Å². The monoisotopic (exact) mass is 317 g/mol. The van der Waals surface area contributed by atoms with Crippen LogP contribution in [0.5, 0.6) is 11.5 Å². The summed E-state index contributed by atoms with van der Waals surface area (Å²) in [7, 11) is 0. The molecule has 1 aliphatic heterocycles. The zero-order valence-electron chi connectivity index (χ0n) is 11.8. The summed E-state index contributed by atoms with van der Waals surface area (Å²) in [6, 6.07) is 15.5.